The molecule has 0 spiro atoms. The number of phenolic OH excluding ortho intramolecular Hbond substituents is 2. The summed E-state index contributed by atoms with van der Waals surface area (Å²) >= 11 is 0. The SMILES string of the molecule is CCOc1cc(Cc2cc(OCC)c(O)c([N+](=O)[O-])c2)cc([N+](=O)[O-])c1O. The summed E-state index contributed by atoms with van der Waals surface area (Å²) in [4.78, 5) is 20.8. The second-order valence-corrected chi connectivity index (χ2v) is 5.48. The third kappa shape index (κ3) is 4.35. The largest absolute Gasteiger partial charge is 0.500 e. The quantitative estimate of drug-likeness (QED) is 0.525. The molecule has 10 nitrogen and oxygen atoms in total. The van der Waals surface area contributed by atoms with Crippen LogP contribution in [0, 0.1) is 20.2 Å². The van der Waals surface area contributed by atoms with Crippen LogP contribution in [0.4, 0.5) is 11.4 Å². The molecule has 0 atom stereocenters. The first-order valence-corrected chi connectivity index (χ1v) is 8.04. The fraction of sp³-hybridized carbons (Fsp3) is 0.294. The summed E-state index contributed by atoms with van der Waals surface area (Å²) in [5.41, 5.74) is -0.278. The fourth-order valence-corrected chi connectivity index (χ4v) is 2.55. The van der Waals surface area contributed by atoms with E-state index in [4.69, 9.17) is 9.47 Å². The third-order valence-corrected chi connectivity index (χ3v) is 3.63. The first-order chi connectivity index (χ1) is 12.8. The van der Waals surface area contributed by atoms with E-state index in [1.165, 1.54) is 12.1 Å². The van der Waals surface area contributed by atoms with Crippen LogP contribution in [0.2, 0.25) is 0 Å². The van der Waals surface area contributed by atoms with E-state index in [2.05, 4.69) is 0 Å². The highest BCUT2D eigenvalue weighted by Crippen LogP contribution is 2.40. The Morgan fingerprint density at radius 3 is 1.48 bits per heavy atom. The van der Waals surface area contributed by atoms with Crippen LogP contribution in [0.25, 0.3) is 0 Å². The van der Waals surface area contributed by atoms with Gasteiger partial charge in [-0.3, -0.25) is 20.2 Å². The lowest BCUT2D eigenvalue weighted by atomic mass is 10.0. The molecule has 10 heteroatoms. The molecule has 0 bridgehead atoms. The van der Waals surface area contributed by atoms with Crippen LogP contribution in [0.3, 0.4) is 0 Å². The van der Waals surface area contributed by atoms with Gasteiger partial charge in [-0.05, 0) is 43.5 Å². The second kappa shape index (κ2) is 8.21. The highest BCUT2D eigenvalue weighted by molar-refractivity contribution is 5.60. The number of hydrogen-bond donors (Lipinski definition) is 2. The monoisotopic (exact) mass is 378 g/mol. The maximum atomic E-state index is 11.2. The van der Waals surface area contributed by atoms with Crippen LogP contribution in [-0.4, -0.2) is 33.3 Å². The molecule has 27 heavy (non-hydrogen) atoms. The van der Waals surface area contributed by atoms with Crippen molar-refractivity contribution >= 4 is 11.4 Å². The van der Waals surface area contributed by atoms with E-state index in [1.54, 1.807) is 13.8 Å². The van der Waals surface area contributed by atoms with Crippen molar-refractivity contribution in [2.75, 3.05) is 13.2 Å². The number of nitrogens with zero attached hydrogens (tertiary/aromatic N) is 2. The molecule has 2 aromatic rings. The topological polar surface area (TPSA) is 145 Å². The molecular formula is C17H18N2O8. The number of hydrogen-bond acceptors (Lipinski definition) is 8. The summed E-state index contributed by atoms with van der Waals surface area (Å²) in [5, 5.41) is 42.2. The second-order valence-electron chi connectivity index (χ2n) is 5.48. The first kappa shape index (κ1) is 19.8. The Labute approximate surface area is 153 Å². The molecule has 0 aliphatic carbocycles. The summed E-state index contributed by atoms with van der Waals surface area (Å²) in [6.07, 6.45) is 0.0579. The molecule has 0 saturated heterocycles. The van der Waals surface area contributed by atoms with Crippen LogP contribution >= 0.6 is 0 Å². The van der Waals surface area contributed by atoms with Gasteiger partial charge in [-0.1, -0.05) is 0 Å². The van der Waals surface area contributed by atoms with Gasteiger partial charge < -0.3 is 19.7 Å². The van der Waals surface area contributed by atoms with Crippen molar-refractivity contribution in [1.29, 1.82) is 0 Å². The summed E-state index contributed by atoms with van der Waals surface area (Å²) < 4.78 is 10.4. The molecule has 0 amide bonds. The minimum absolute atomic E-state index is 0.0555. The maximum absolute atomic E-state index is 11.2. The molecule has 0 saturated carbocycles. The normalized spacial score (nSPS) is 10.4. The Bertz CT molecular complexity index is 810. The van der Waals surface area contributed by atoms with E-state index >= 15 is 0 Å². The van der Waals surface area contributed by atoms with Gasteiger partial charge in [0.05, 0.1) is 23.1 Å². The summed E-state index contributed by atoms with van der Waals surface area (Å²) in [6.45, 7) is 3.70. The smallest absolute Gasteiger partial charge is 0.314 e. The van der Waals surface area contributed by atoms with E-state index in [0.29, 0.717) is 11.1 Å². The zero-order valence-corrected chi connectivity index (χ0v) is 14.7. The van der Waals surface area contributed by atoms with Crippen molar-refractivity contribution in [3.8, 4) is 23.0 Å². The number of benzene rings is 2. The van der Waals surface area contributed by atoms with Crippen molar-refractivity contribution in [3.63, 3.8) is 0 Å². The molecule has 0 aliphatic heterocycles. The zero-order chi connectivity index (χ0) is 20.1. The number of phenols is 2. The van der Waals surface area contributed by atoms with Crippen LogP contribution in [-0.2, 0) is 6.42 Å². The molecule has 0 radical (unpaired) electrons. The summed E-state index contributed by atoms with van der Waals surface area (Å²) in [5.74, 6) is -1.28. The molecule has 0 fully saturated rings. The molecule has 2 rings (SSSR count). The van der Waals surface area contributed by atoms with Crippen LogP contribution < -0.4 is 9.47 Å². The van der Waals surface area contributed by atoms with Gasteiger partial charge in [-0.2, -0.15) is 0 Å². The van der Waals surface area contributed by atoms with Gasteiger partial charge >= 0.3 is 11.4 Å². The highest BCUT2D eigenvalue weighted by atomic mass is 16.6. The predicted octanol–water partition coefficient (Wildman–Crippen LogP) is 3.30. The first-order valence-electron chi connectivity index (χ1n) is 8.04. The molecule has 0 heterocycles. The molecule has 144 valence electrons. The Balaban J connectivity index is 2.52. The Kier molecular flexibility index (Phi) is 6.01. The van der Waals surface area contributed by atoms with E-state index in [9.17, 15) is 30.4 Å². The van der Waals surface area contributed by atoms with Crippen molar-refractivity contribution in [1.82, 2.24) is 0 Å². The van der Waals surface area contributed by atoms with Gasteiger partial charge in [0.1, 0.15) is 0 Å². The number of ether oxygens (including phenoxy) is 2. The minimum Gasteiger partial charge on any atom is -0.500 e. The van der Waals surface area contributed by atoms with E-state index in [1.807, 2.05) is 0 Å². The van der Waals surface area contributed by atoms with E-state index in [0.717, 1.165) is 12.1 Å². The number of rotatable bonds is 8. The van der Waals surface area contributed by atoms with Crippen molar-refractivity contribution in [2.24, 2.45) is 0 Å². The van der Waals surface area contributed by atoms with Gasteiger partial charge in [0.2, 0.25) is 11.5 Å². The zero-order valence-electron chi connectivity index (χ0n) is 14.7. The lowest BCUT2D eigenvalue weighted by molar-refractivity contribution is -0.386. The van der Waals surface area contributed by atoms with Gasteiger partial charge in [0.25, 0.3) is 0 Å². The Hall–Kier alpha value is -3.56. The van der Waals surface area contributed by atoms with Crippen LogP contribution in [0.1, 0.15) is 25.0 Å². The maximum Gasteiger partial charge on any atom is 0.314 e. The number of nitro benzene ring substituents is 2. The van der Waals surface area contributed by atoms with Gasteiger partial charge in [0, 0.05) is 12.1 Å². The predicted molar refractivity (Wildman–Crippen MR) is 94.7 cm³/mol. The summed E-state index contributed by atoms with van der Waals surface area (Å²) in [6, 6.07) is 5.17. The summed E-state index contributed by atoms with van der Waals surface area (Å²) in [7, 11) is 0. The Morgan fingerprint density at radius 1 is 0.815 bits per heavy atom. The van der Waals surface area contributed by atoms with Crippen LogP contribution in [0.5, 0.6) is 23.0 Å². The van der Waals surface area contributed by atoms with Crippen molar-refractivity contribution in [3.05, 3.63) is 55.6 Å². The number of nitro groups is 2. The average molecular weight is 378 g/mol. The van der Waals surface area contributed by atoms with Gasteiger partial charge in [-0.15, -0.1) is 0 Å². The Morgan fingerprint density at radius 2 is 1.19 bits per heavy atom. The molecule has 2 aromatic carbocycles. The highest BCUT2D eigenvalue weighted by Gasteiger charge is 2.23. The van der Waals surface area contributed by atoms with Crippen LogP contribution in [0.15, 0.2) is 24.3 Å². The fourth-order valence-electron chi connectivity index (χ4n) is 2.55. The average Bonchev–Trinajstić information content (AvgIpc) is 2.60. The number of aromatic hydroxyl groups is 2. The van der Waals surface area contributed by atoms with Crippen molar-refractivity contribution < 1.29 is 29.5 Å². The lowest BCUT2D eigenvalue weighted by Crippen LogP contribution is -2.00. The van der Waals surface area contributed by atoms with E-state index < -0.39 is 32.7 Å². The lowest BCUT2D eigenvalue weighted by Gasteiger charge is -2.11. The van der Waals surface area contributed by atoms with E-state index in [-0.39, 0.29) is 31.1 Å². The molecule has 2 N–H and O–H groups in total. The third-order valence-electron chi connectivity index (χ3n) is 3.63. The van der Waals surface area contributed by atoms with Gasteiger partial charge in [0.15, 0.2) is 11.5 Å². The molecular weight excluding hydrogens is 360 g/mol. The minimum atomic E-state index is -0.744. The van der Waals surface area contributed by atoms with Gasteiger partial charge in [-0.25, -0.2) is 0 Å². The molecule has 0 unspecified atom stereocenters. The molecule has 0 aromatic heterocycles. The standard InChI is InChI=1S/C17H18N2O8/c1-3-26-14-8-10(6-12(16(14)20)18(22)23)5-11-7-13(19(24)25)17(21)15(9-11)27-4-2/h6-9,20-21H,3-5H2,1-2H3. The molecule has 0 aliphatic rings. The van der Waals surface area contributed by atoms with Crippen molar-refractivity contribution in [2.45, 2.75) is 20.3 Å².